The molecule has 0 bridgehead atoms. The molecule has 3 heteroatoms. The van der Waals surface area contributed by atoms with Crippen LogP contribution in [0.5, 0.6) is 0 Å². The molecule has 0 aliphatic heterocycles. The summed E-state index contributed by atoms with van der Waals surface area (Å²) >= 11 is 0. The maximum absolute atomic E-state index is 11.9. The van der Waals surface area contributed by atoms with Crippen molar-refractivity contribution in [3.63, 3.8) is 0 Å². The second kappa shape index (κ2) is 6.72. The maximum Gasteiger partial charge on any atom is 0.250 e. The predicted octanol–water partition coefficient (Wildman–Crippen LogP) is 4.67. The van der Waals surface area contributed by atoms with Gasteiger partial charge in [0, 0.05) is 12.6 Å². The first kappa shape index (κ1) is 17.5. The van der Waals surface area contributed by atoms with Gasteiger partial charge < -0.3 is 4.90 Å². The minimum atomic E-state index is -0.244. The second-order valence-corrected chi connectivity index (χ2v) is 6.74. The van der Waals surface area contributed by atoms with E-state index in [4.69, 9.17) is 0 Å². The van der Waals surface area contributed by atoms with Crippen molar-refractivity contribution in [3.05, 3.63) is 66.2 Å². The molecule has 2 aromatic rings. The fraction of sp³-hybridized carbons (Fsp3) is 0.238. The van der Waals surface area contributed by atoms with E-state index in [9.17, 15) is 10.1 Å². The molecule has 0 radical (unpaired) electrons. The Morgan fingerprint density at radius 2 is 1.79 bits per heavy atom. The molecular formula is C21H22N2O. The number of anilines is 1. The molecule has 122 valence electrons. The molecule has 1 amide bonds. The van der Waals surface area contributed by atoms with Crippen molar-refractivity contribution >= 4 is 11.6 Å². The average molecular weight is 318 g/mol. The van der Waals surface area contributed by atoms with Crippen LogP contribution >= 0.6 is 0 Å². The van der Waals surface area contributed by atoms with E-state index in [1.54, 1.807) is 13.1 Å². The SMILES string of the molecule is C=CC(=O)N(C)c1cccc(-c2ccc(C(C)(C)C)cc2)c1C#N. The topological polar surface area (TPSA) is 44.1 Å². The van der Waals surface area contributed by atoms with E-state index in [-0.39, 0.29) is 11.3 Å². The van der Waals surface area contributed by atoms with Gasteiger partial charge in [0.25, 0.3) is 0 Å². The summed E-state index contributed by atoms with van der Waals surface area (Å²) in [6.45, 7) is 10.00. The summed E-state index contributed by atoms with van der Waals surface area (Å²) < 4.78 is 0. The van der Waals surface area contributed by atoms with Gasteiger partial charge >= 0.3 is 0 Å². The van der Waals surface area contributed by atoms with Gasteiger partial charge in [0.2, 0.25) is 5.91 Å². The number of hydrogen-bond acceptors (Lipinski definition) is 2. The number of carbonyl (C=O) groups is 1. The van der Waals surface area contributed by atoms with E-state index >= 15 is 0 Å². The molecule has 0 atom stereocenters. The number of nitrogens with zero attached hydrogens (tertiary/aromatic N) is 2. The highest BCUT2D eigenvalue weighted by atomic mass is 16.2. The Labute approximate surface area is 143 Å². The van der Waals surface area contributed by atoms with Gasteiger partial charge in [-0.15, -0.1) is 0 Å². The highest BCUT2D eigenvalue weighted by molar-refractivity contribution is 6.02. The fourth-order valence-electron chi connectivity index (χ4n) is 2.58. The maximum atomic E-state index is 11.9. The second-order valence-electron chi connectivity index (χ2n) is 6.74. The summed E-state index contributed by atoms with van der Waals surface area (Å²) in [5.74, 6) is -0.244. The van der Waals surface area contributed by atoms with E-state index in [0.717, 1.165) is 11.1 Å². The highest BCUT2D eigenvalue weighted by Crippen LogP contribution is 2.32. The van der Waals surface area contributed by atoms with Gasteiger partial charge in [-0.2, -0.15) is 5.26 Å². The molecule has 0 spiro atoms. The molecule has 24 heavy (non-hydrogen) atoms. The third-order valence-electron chi connectivity index (χ3n) is 4.08. The van der Waals surface area contributed by atoms with E-state index in [2.05, 4.69) is 45.6 Å². The van der Waals surface area contributed by atoms with Gasteiger partial charge in [-0.3, -0.25) is 4.79 Å². The normalized spacial score (nSPS) is 10.8. The van der Waals surface area contributed by atoms with Gasteiger partial charge in [-0.25, -0.2) is 0 Å². The van der Waals surface area contributed by atoms with Gasteiger partial charge in [-0.05, 0) is 28.7 Å². The van der Waals surface area contributed by atoms with Gasteiger partial charge in [0.05, 0.1) is 11.3 Å². The van der Waals surface area contributed by atoms with E-state index in [0.29, 0.717) is 11.3 Å². The smallest absolute Gasteiger partial charge is 0.250 e. The van der Waals surface area contributed by atoms with E-state index in [1.807, 2.05) is 24.3 Å². The summed E-state index contributed by atoms with van der Waals surface area (Å²) in [6, 6.07) is 16.0. The first-order valence-corrected chi connectivity index (χ1v) is 7.83. The van der Waals surface area contributed by atoms with Crippen molar-refractivity contribution in [1.29, 1.82) is 5.26 Å². The molecule has 3 nitrogen and oxygen atoms in total. The van der Waals surface area contributed by atoms with Gasteiger partial charge in [0.1, 0.15) is 6.07 Å². The number of rotatable bonds is 3. The lowest BCUT2D eigenvalue weighted by Crippen LogP contribution is -2.24. The number of likely N-dealkylation sites (N-methyl/N-ethyl adjacent to an activating group) is 1. The highest BCUT2D eigenvalue weighted by Gasteiger charge is 2.17. The minimum Gasteiger partial charge on any atom is -0.311 e. The quantitative estimate of drug-likeness (QED) is 0.772. The van der Waals surface area contributed by atoms with Crippen LogP contribution in [0.1, 0.15) is 31.9 Å². The fourth-order valence-corrected chi connectivity index (χ4v) is 2.58. The van der Waals surface area contributed by atoms with Crippen LogP contribution in [0.3, 0.4) is 0 Å². The van der Waals surface area contributed by atoms with E-state index < -0.39 is 0 Å². The number of nitriles is 1. The molecule has 0 heterocycles. The lowest BCUT2D eigenvalue weighted by atomic mass is 9.86. The molecule has 0 N–H and O–H groups in total. The number of benzene rings is 2. The van der Waals surface area contributed by atoms with E-state index in [1.165, 1.54) is 16.5 Å². The van der Waals surface area contributed by atoms with Crippen LogP contribution in [0.25, 0.3) is 11.1 Å². The number of carbonyl (C=O) groups excluding carboxylic acids is 1. The van der Waals surface area contributed by atoms with Crippen molar-refractivity contribution < 1.29 is 4.79 Å². The Kier molecular flexibility index (Phi) is 4.90. The summed E-state index contributed by atoms with van der Waals surface area (Å²) in [5.41, 5.74) is 4.16. The summed E-state index contributed by atoms with van der Waals surface area (Å²) in [4.78, 5) is 13.3. The Bertz CT molecular complexity index is 805. The first-order valence-electron chi connectivity index (χ1n) is 7.83. The zero-order valence-electron chi connectivity index (χ0n) is 14.6. The Hall–Kier alpha value is -2.86. The molecule has 2 aromatic carbocycles. The van der Waals surface area contributed by atoms with Crippen molar-refractivity contribution in [2.24, 2.45) is 0 Å². The standard InChI is InChI=1S/C21H22N2O/c1-6-20(24)23(5)19-9-7-8-17(18(19)14-22)15-10-12-16(13-11-15)21(2,3)4/h6-13H,1H2,2-5H3. The molecular weight excluding hydrogens is 296 g/mol. The molecule has 0 saturated carbocycles. The summed E-state index contributed by atoms with van der Waals surface area (Å²) in [5, 5.41) is 9.63. The molecule has 0 fully saturated rings. The van der Waals surface area contributed by atoms with Gasteiger partial charge in [0.15, 0.2) is 0 Å². The third kappa shape index (κ3) is 3.38. The van der Waals surface area contributed by atoms with Crippen molar-refractivity contribution in [3.8, 4) is 17.2 Å². The van der Waals surface area contributed by atoms with Crippen molar-refractivity contribution in [2.75, 3.05) is 11.9 Å². The third-order valence-corrected chi connectivity index (χ3v) is 4.08. The molecule has 0 aromatic heterocycles. The zero-order chi connectivity index (χ0) is 17.9. The van der Waals surface area contributed by atoms with Crippen LogP contribution in [0.2, 0.25) is 0 Å². The average Bonchev–Trinajstić information content (AvgIpc) is 2.59. The van der Waals surface area contributed by atoms with Crippen LogP contribution in [0.4, 0.5) is 5.69 Å². The van der Waals surface area contributed by atoms with Crippen LogP contribution in [0, 0.1) is 11.3 Å². The minimum absolute atomic E-state index is 0.0784. The largest absolute Gasteiger partial charge is 0.311 e. The van der Waals surface area contributed by atoms with Crippen LogP contribution < -0.4 is 4.90 Å². The van der Waals surface area contributed by atoms with Crippen molar-refractivity contribution in [2.45, 2.75) is 26.2 Å². The molecule has 0 aliphatic rings. The lowest BCUT2D eigenvalue weighted by Gasteiger charge is -2.20. The lowest BCUT2D eigenvalue weighted by molar-refractivity contribution is -0.113. The van der Waals surface area contributed by atoms with Crippen molar-refractivity contribution in [1.82, 2.24) is 0 Å². The van der Waals surface area contributed by atoms with Crippen LogP contribution in [-0.2, 0) is 10.2 Å². The van der Waals surface area contributed by atoms with Gasteiger partial charge in [-0.1, -0.05) is 63.7 Å². The molecule has 0 saturated heterocycles. The summed E-state index contributed by atoms with van der Waals surface area (Å²) in [7, 11) is 1.65. The summed E-state index contributed by atoms with van der Waals surface area (Å²) in [6.07, 6.45) is 1.24. The zero-order valence-corrected chi connectivity index (χ0v) is 14.6. The van der Waals surface area contributed by atoms with Crippen LogP contribution in [-0.4, -0.2) is 13.0 Å². The Morgan fingerprint density at radius 1 is 1.17 bits per heavy atom. The Morgan fingerprint density at radius 3 is 2.29 bits per heavy atom. The Balaban J connectivity index is 2.54. The number of hydrogen-bond donors (Lipinski definition) is 0. The monoisotopic (exact) mass is 318 g/mol. The van der Waals surface area contributed by atoms with Crippen LogP contribution in [0.15, 0.2) is 55.1 Å². The molecule has 2 rings (SSSR count). The first-order chi connectivity index (χ1) is 11.3. The molecule has 0 unspecified atom stereocenters. The molecule has 0 aliphatic carbocycles. The number of amides is 1. The predicted molar refractivity (Wildman–Crippen MR) is 98.9 cm³/mol.